The molecule has 3 saturated heterocycles. The van der Waals surface area contributed by atoms with Crippen LogP contribution in [0.2, 0.25) is 5.02 Å². The van der Waals surface area contributed by atoms with E-state index in [9.17, 15) is 14.0 Å². The maximum atomic E-state index is 14.5. The summed E-state index contributed by atoms with van der Waals surface area (Å²) in [5, 5.41) is 1.43. The first-order valence-electron chi connectivity index (χ1n) is 12.9. The number of morpholine rings is 1. The quantitative estimate of drug-likeness (QED) is 0.530. The number of halogens is 2. The van der Waals surface area contributed by atoms with Crippen molar-refractivity contribution in [3.8, 4) is 0 Å². The largest absolute Gasteiger partial charge is 0.374 e. The summed E-state index contributed by atoms with van der Waals surface area (Å²) in [4.78, 5) is 30.3. The highest BCUT2D eigenvalue weighted by Gasteiger charge is 2.43. The molecule has 37 heavy (non-hydrogen) atoms. The zero-order chi connectivity index (χ0) is 25.7. The minimum absolute atomic E-state index is 0.0578. The second-order valence-electron chi connectivity index (χ2n) is 10.4. The van der Waals surface area contributed by atoms with Crippen LogP contribution in [0.3, 0.4) is 0 Å². The van der Waals surface area contributed by atoms with Crippen LogP contribution in [0, 0.1) is 5.82 Å². The average Bonchev–Trinajstić information content (AvgIpc) is 3.59. The number of amides is 2. The Morgan fingerprint density at radius 2 is 1.89 bits per heavy atom. The highest BCUT2D eigenvalue weighted by molar-refractivity contribution is 6.31. The first-order chi connectivity index (χ1) is 17.9. The Kier molecular flexibility index (Phi) is 6.42. The lowest BCUT2D eigenvalue weighted by Crippen LogP contribution is -2.43. The van der Waals surface area contributed by atoms with Crippen LogP contribution in [-0.4, -0.2) is 64.6 Å². The van der Waals surface area contributed by atoms with Crippen LogP contribution >= 0.6 is 11.6 Å². The van der Waals surface area contributed by atoms with Crippen LogP contribution in [0.1, 0.15) is 46.8 Å². The Morgan fingerprint density at radius 1 is 1.11 bits per heavy atom. The average molecular weight is 525 g/mol. The van der Waals surface area contributed by atoms with E-state index in [4.69, 9.17) is 22.1 Å². The van der Waals surface area contributed by atoms with Gasteiger partial charge in [-0.2, -0.15) is 0 Å². The first-order valence-corrected chi connectivity index (χ1v) is 13.3. The van der Waals surface area contributed by atoms with E-state index in [2.05, 4.69) is 4.90 Å². The molecular weight excluding hydrogens is 495 g/mol. The summed E-state index contributed by atoms with van der Waals surface area (Å²) in [7, 11) is 0. The van der Waals surface area contributed by atoms with Crippen molar-refractivity contribution in [3.63, 3.8) is 0 Å². The molecule has 3 fully saturated rings. The minimum atomic E-state index is -0.491. The number of carbonyl (C=O) groups excluding carboxylic acids is 2. The standard InChI is InChI=1S/C28H30ClFN4O3/c29-22-5-3-6-23(30)26(22)17-8-10-32(11-9-17)14-21-20-4-1-2-7-24(20)34(15-25(31)35)27(21)28(36)33-13-19-12-18(33)16-37-19/h1-7,17-19H,8-16H2,(H2,31,35)/t18-,19-/m0/s1. The van der Waals surface area contributed by atoms with Gasteiger partial charge < -0.3 is 19.9 Å². The third kappa shape index (κ3) is 4.41. The number of hydrogen-bond donors (Lipinski definition) is 1. The summed E-state index contributed by atoms with van der Waals surface area (Å²) in [6, 6.07) is 12.7. The van der Waals surface area contributed by atoms with Crippen molar-refractivity contribution in [2.45, 2.75) is 50.4 Å². The molecule has 3 aliphatic rings. The van der Waals surface area contributed by atoms with Crippen molar-refractivity contribution in [3.05, 3.63) is 70.1 Å². The Labute approximate surface area is 219 Å². The topological polar surface area (TPSA) is 80.8 Å². The maximum absolute atomic E-state index is 14.5. The molecule has 0 unspecified atom stereocenters. The van der Waals surface area contributed by atoms with E-state index in [1.54, 1.807) is 16.7 Å². The molecule has 2 atom stereocenters. The van der Waals surface area contributed by atoms with Gasteiger partial charge in [0, 0.05) is 40.1 Å². The summed E-state index contributed by atoms with van der Waals surface area (Å²) >= 11 is 6.34. The molecule has 3 aliphatic heterocycles. The molecular formula is C28H30ClFN4O3. The van der Waals surface area contributed by atoms with Crippen LogP contribution in [0.25, 0.3) is 10.9 Å². The van der Waals surface area contributed by atoms with Crippen molar-refractivity contribution in [2.75, 3.05) is 26.2 Å². The number of nitrogens with two attached hydrogens (primary N) is 1. The Balaban J connectivity index is 1.32. The third-order valence-electron chi connectivity index (χ3n) is 8.13. The highest BCUT2D eigenvalue weighted by atomic mass is 35.5. The number of likely N-dealkylation sites (tertiary alicyclic amines) is 2. The molecule has 0 saturated carbocycles. The number of hydrogen-bond acceptors (Lipinski definition) is 4. The van der Waals surface area contributed by atoms with Gasteiger partial charge in [-0.3, -0.25) is 14.5 Å². The van der Waals surface area contributed by atoms with Gasteiger partial charge in [-0.05, 0) is 56.5 Å². The molecule has 0 spiro atoms. The van der Waals surface area contributed by atoms with Gasteiger partial charge in [0.15, 0.2) is 0 Å². The predicted molar refractivity (Wildman–Crippen MR) is 139 cm³/mol. The Morgan fingerprint density at radius 3 is 2.57 bits per heavy atom. The Hall–Kier alpha value is -2.94. The van der Waals surface area contributed by atoms with Gasteiger partial charge in [-0.1, -0.05) is 35.9 Å². The molecule has 2 aromatic carbocycles. The van der Waals surface area contributed by atoms with Crippen molar-refractivity contribution in [1.29, 1.82) is 0 Å². The molecule has 2 bridgehead atoms. The SMILES string of the molecule is NC(=O)Cn1c(C(=O)N2C[C@@H]3C[C@H]2CO3)c(CN2CCC(c3c(F)cccc3Cl)CC2)c2ccccc21. The zero-order valence-corrected chi connectivity index (χ0v) is 21.3. The van der Waals surface area contributed by atoms with Crippen LogP contribution < -0.4 is 5.73 Å². The smallest absolute Gasteiger partial charge is 0.271 e. The fourth-order valence-electron chi connectivity index (χ4n) is 6.39. The van der Waals surface area contributed by atoms with Crippen molar-refractivity contribution < 1.29 is 18.7 Å². The number of nitrogens with zero attached hydrogens (tertiary/aromatic N) is 3. The van der Waals surface area contributed by atoms with Crippen LogP contribution in [0.5, 0.6) is 0 Å². The molecule has 2 amide bonds. The number of para-hydroxylation sites is 1. The molecule has 4 heterocycles. The first kappa shape index (κ1) is 24.4. The van der Waals surface area contributed by atoms with Gasteiger partial charge in [0.25, 0.3) is 5.91 Å². The molecule has 9 heteroatoms. The number of carbonyl (C=O) groups is 2. The molecule has 2 N–H and O–H groups in total. The lowest BCUT2D eigenvalue weighted by atomic mass is 9.88. The number of fused-ring (bicyclic) bond motifs is 3. The minimum Gasteiger partial charge on any atom is -0.374 e. The van der Waals surface area contributed by atoms with Gasteiger partial charge in [-0.15, -0.1) is 0 Å². The van der Waals surface area contributed by atoms with Crippen LogP contribution in [0.15, 0.2) is 42.5 Å². The van der Waals surface area contributed by atoms with Gasteiger partial charge in [0.05, 0.1) is 18.8 Å². The van der Waals surface area contributed by atoms with Crippen molar-refractivity contribution in [2.24, 2.45) is 5.73 Å². The lowest BCUT2D eigenvalue weighted by molar-refractivity contribution is -0.118. The van der Waals surface area contributed by atoms with E-state index in [1.165, 1.54) is 6.07 Å². The Bertz CT molecular complexity index is 1350. The van der Waals surface area contributed by atoms with Gasteiger partial charge in [-0.25, -0.2) is 4.39 Å². The van der Waals surface area contributed by atoms with Gasteiger partial charge in [0.2, 0.25) is 5.91 Å². The summed E-state index contributed by atoms with van der Waals surface area (Å²) in [5.74, 6) is -0.758. The van der Waals surface area contributed by atoms with E-state index in [0.717, 1.165) is 48.8 Å². The summed E-state index contributed by atoms with van der Waals surface area (Å²) in [6.07, 6.45) is 2.48. The number of piperidine rings is 1. The molecule has 0 radical (unpaired) electrons. The van der Waals surface area contributed by atoms with Gasteiger partial charge >= 0.3 is 0 Å². The van der Waals surface area contributed by atoms with Crippen LogP contribution in [0.4, 0.5) is 4.39 Å². The van der Waals surface area contributed by atoms with Crippen molar-refractivity contribution >= 4 is 34.3 Å². The summed E-state index contributed by atoms with van der Waals surface area (Å²) in [6.45, 7) is 3.11. The van der Waals surface area contributed by atoms with Gasteiger partial charge in [0.1, 0.15) is 18.1 Å². The molecule has 194 valence electrons. The van der Waals surface area contributed by atoms with E-state index in [1.807, 2.05) is 29.2 Å². The second-order valence-corrected chi connectivity index (χ2v) is 10.8. The normalized spacial score (nSPS) is 22.3. The monoisotopic (exact) mass is 524 g/mol. The lowest BCUT2D eigenvalue weighted by Gasteiger charge is -2.33. The highest BCUT2D eigenvalue weighted by Crippen LogP contribution is 2.37. The molecule has 0 aliphatic carbocycles. The van der Waals surface area contributed by atoms with Crippen LogP contribution in [-0.2, 0) is 22.6 Å². The van der Waals surface area contributed by atoms with E-state index in [-0.39, 0.29) is 36.3 Å². The predicted octanol–water partition coefficient (Wildman–Crippen LogP) is 3.91. The number of benzene rings is 2. The number of rotatable bonds is 6. The maximum Gasteiger partial charge on any atom is 0.271 e. The number of ether oxygens (including phenoxy) is 1. The zero-order valence-electron chi connectivity index (χ0n) is 20.5. The molecule has 7 nitrogen and oxygen atoms in total. The second kappa shape index (κ2) is 9.74. The molecule has 6 rings (SSSR count). The number of primary amides is 1. The number of aromatic nitrogens is 1. The molecule has 1 aromatic heterocycles. The fourth-order valence-corrected chi connectivity index (χ4v) is 6.71. The van der Waals surface area contributed by atoms with E-state index < -0.39 is 5.91 Å². The third-order valence-corrected chi connectivity index (χ3v) is 8.46. The van der Waals surface area contributed by atoms with Crippen molar-refractivity contribution in [1.82, 2.24) is 14.4 Å². The fraction of sp³-hybridized carbons (Fsp3) is 0.429. The molecule has 3 aromatic rings. The summed E-state index contributed by atoms with van der Waals surface area (Å²) < 4.78 is 22.0. The van der Waals surface area contributed by atoms with E-state index >= 15 is 0 Å². The van der Waals surface area contributed by atoms with E-state index in [0.29, 0.717) is 36.0 Å². The summed E-state index contributed by atoms with van der Waals surface area (Å²) in [5.41, 5.74) is 8.50.